The van der Waals surface area contributed by atoms with Crippen molar-refractivity contribution in [1.29, 1.82) is 0 Å². The number of ether oxygens (including phenoxy) is 1. The standard InChI is InChI=1S/C21H27N5O2/c1-28-19-6-4-18(5-7-19)20(27)25-12-10-24(11-13-25)16-17-14-22-21(23-15-17)26-8-2-3-9-26/h4-7,14-15H,2-3,8-13,16H2,1H3. The molecular weight excluding hydrogens is 354 g/mol. The topological polar surface area (TPSA) is 61.8 Å². The van der Waals surface area contributed by atoms with Gasteiger partial charge in [0.2, 0.25) is 5.95 Å². The van der Waals surface area contributed by atoms with Crippen LogP contribution in [0.2, 0.25) is 0 Å². The van der Waals surface area contributed by atoms with E-state index in [-0.39, 0.29) is 5.91 Å². The molecule has 28 heavy (non-hydrogen) atoms. The molecule has 2 aliphatic rings. The van der Waals surface area contributed by atoms with Gasteiger partial charge in [0.15, 0.2) is 0 Å². The number of hydrogen-bond donors (Lipinski definition) is 0. The van der Waals surface area contributed by atoms with Crippen molar-refractivity contribution in [1.82, 2.24) is 19.8 Å². The minimum Gasteiger partial charge on any atom is -0.497 e. The number of piperazine rings is 1. The quantitative estimate of drug-likeness (QED) is 0.790. The maximum absolute atomic E-state index is 12.7. The lowest BCUT2D eigenvalue weighted by molar-refractivity contribution is 0.0628. The molecule has 0 saturated carbocycles. The summed E-state index contributed by atoms with van der Waals surface area (Å²) < 4.78 is 5.16. The molecule has 1 aromatic carbocycles. The number of carbonyl (C=O) groups is 1. The highest BCUT2D eigenvalue weighted by Crippen LogP contribution is 2.17. The smallest absolute Gasteiger partial charge is 0.253 e. The number of rotatable bonds is 5. The Morgan fingerprint density at radius 3 is 2.21 bits per heavy atom. The van der Waals surface area contributed by atoms with E-state index in [2.05, 4.69) is 19.8 Å². The lowest BCUT2D eigenvalue weighted by Gasteiger charge is -2.34. The third-order valence-corrected chi connectivity index (χ3v) is 5.48. The Hall–Kier alpha value is -2.67. The maximum atomic E-state index is 12.7. The first-order valence-electron chi connectivity index (χ1n) is 9.94. The molecule has 4 rings (SSSR count). The summed E-state index contributed by atoms with van der Waals surface area (Å²) in [7, 11) is 1.63. The van der Waals surface area contributed by atoms with Gasteiger partial charge in [-0.1, -0.05) is 0 Å². The molecule has 0 atom stereocenters. The minimum atomic E-state index is 0.0839. The van der Waals surface area contributed by atoms with Gasteiger partial charge in [-0.25, -0.2) is 9.97 Å². The van der Waals surface area contributed by atoms with Crippen LogP contribution in [-0.2, 0) is 6.54 Å². The van der Waals surface area contributed by atoms with Crippen molar-refractivity contribution in [3.63, 3.8) is 0 Å². The second-order valence-corrected chi connectivity index (χ2v) is 7.38. The number of benzene rings is 1. The predicted molar refractivity (Wildman–Crippen MR) is 108 cm³/mol. The van der Waals surface area contributed by atoms with Crippen molar-refractivity contribution in [3.8, 4) is 5.75 Å². The van der Waals surface area contributed by atoms with Crippen LogP contribution in [0.3, 0.4) is 0 Å². The molecule has 2 aromatic rings. The second-order valence-electron chi connectivity index (χ2n) is 7.38. The molecule has 0 bridgehead atoms. The van der Waals surface area contributed by atoms with Crippen LogP contribution >= 0.6 is 0 Å². The van der Waals surface area contributed by atoms with Crippen LogP contribution in [0.5, 0.6) is 5.75 Å². The Bertz CT molecular complexity index is 779. The molecule has 0 spiro atoms. The lowest BCUT2D eigenvalue weighted by Crippen LogP contribution is -2.48. The van der Waals surface area contributed by atoms with Crippen molar-refractivity contribution >= 4 is 11.9 Å². The second kappa shape index (κ2) is 8.56. The molecular formula is C21H27N5O2. The average molecular weight is 381 g/mol. The van der Waals surface area contributed by atoms with E-state index in [0.717, 1.165) is 63.1 Å². The molecule has 7 nitrogen and oxygen atoms in total. The summed E-state index contributed by atoms with van der Waals surface area (Å²) in [6, 6.07) is 7.31. The minimum absolute atomic E-state index is 0.0839. The van der Waals surface area contributed by atoms with Crippen molar-refractivity contribution in [2.75, 3.05) is 51.3 Å². The van der Waals surface area contributed by atoms with Crippen molar-refractivity contribution < 1.29 is 9.53 Å². The third-order valence-electron chi connectivity index (χ3n) is 5.48. The van der Waals surface area contributed by atoms with Gasteiger partial charge in [-0.2, -0.15) is 0 Å². The van der Waals surface area contributed by atoms with Gasteiger partial charge >= 0.3 is 0 Å². The highest BCUT2D eigenvalue weighted by molar-refractivity contribution is 5.94. The summed E-state index contributed by atoms with van der Waals surface area (Å²) in [5, 5.41) is 0. The van der Waals surface area contributed by atoms with E-state index in [1.165, 1.54) is 12.8 Å². The SMILES string of the molecule is COc1ccc(C(=O)N2CCN(Cc3cnc(N4CCCC4)nc3)CC2)cc1. The molecule has 2 saturated heterocycles. The fourth-order valence-electron chi connectivity index (χ4n) is 3.79. The van der Waals surface area contributed by atoms with E-state index in [0.29, 0.717) is 5.56 Å². The molecule has 0 N–H and O–H groups in total. The van der Waals surface area contributed by atoms with E-state index < -0.39 is 0 Å². The summed E-state index contributed by atoms with van der Waals surface area (Å²) in [5.74, 6) is 1.69. The van der Waals surface area contributed by atoms with Gasteiger partial charge in [0.1, 0.15) is 5.75 Å². The van der Waals surface area contributed by atoms with Crippen LogP contribution in [-0.4, -0.2) is 72.1 Å². The highest BCUT2D eigenvalue weighted by atomic mass is 16.5. The van der Waals surface area contributed by atoms with Gasteiger partial charge in [0.05, 0.1) is 7.11 Å². The van der Waals surface area contributed by atoms with Crippen LogP contribution in [0.15, 0.2) is 36.7 Å². The molecule has 2 aliphatic heterocycles. The fourth-order valence-corrected chi connectivity index (χ4v) is 3.79. The van der Waals surface area contributed by atoms with Crippen molar-refractivity contribution in [3.05, 3.63) is 47.8 Å². The van der Waals surface area contributed by atoms with Crippen LogP contribution in [0.25, 0.3) is 0 Å². The Kier molecular flexibility index (Phi) is 5.71. The molecule has 0 radical (unpaired) electrons. The van der Waals surface area contributed by atoms with Gasteiger partial charge in [-0.05, 0) is 37.1 Å². The van der Waals surface area contributed by atoms with Gasteiger partial charge in [0.25, 0.3) is 5.91 Å². The first-order valence-corrected chi connectivity index (χ1v) is 9.94. The molecule has 2 fully saturated rings. The predicted octanol–water partition coefficient (Wildman–Crippen LogP) is 2.04. The molecule has 0 unspecified atom stereocenters. The van der Waals surface area contributed by atoms with E-state index in [4.69, 9.17) is 4.74 Å². The van der Waals surface area contributed by atoms with Crippen LogP contribution in [0.1, 0.15) is 28.8 Å². The van der Waals surface area contributed by atoms with E-state index in [1.54, 1.807) is 7.11 Å². The largest absolute Gasteiger partial charge is 0.497 e. The number of nitrogens with zero attached hydrogens (tertiary/aromatic N) is 5. The lowest BCUT2D eigenvalue weighted by atomic mass is 10.1. The normalized spacial score (nSPS) is 17.8. The maximum Gasteiger partial charge on any atom is 0.253 e. The average Bonchev–Trinajstić information content (AvgIpc) is 3.29. The van der Waals surface area contributed by atoms with Crippen LogP contribution in [0.4, 0.5) is 5.95 Å². The van der Waals surface area contributed by atoms with Crippen LogP contribution in [0, 0.1) is 0 Å². The monoisotopic (exact) mass is 381 g/mol. The molecule has 0 aliphatic carbocycles. The van der Waals surface area contributed by atoms with Gasteiger partial charge < -0.3 is 14.5 Å². The number of hydrogen-bond acceptors (Lipinski definition) is 6. The Morgan fingerprint density at radius 1 is 0.964 bits per heavy atom. The van der Waals surface area contributed by atoms with E-state index in [1.807, 2.05) is 41.6 Å². The summed E-state index contributed by atoms with van der Waals surface area (Å²) in [5.41, 5.74) is 1.83. The summed E-state index contributed by atoms with van der Waals surface area (Å²) in [6.07, 6.45) is 6.33. The first kappa shape index (κ1) is 18.7. The van der Waals surface area contributed by atoms with Gasteiger partial charge in [-0.15, -0.1) is 0 Å². The number of anilines is 1. The number of amides is 1. The zero-order valence-electron chi connectivity index (χ0n) is 16.4. The first-order chi connectivity index (χ1) is 13.7. The zero-order chi connectivity index (χ0) is 19.3. The van der Waals surface area contributed by atoms with Gasteiger partial charge in [0, 0.05) is 69.3 Å². The Morgan fingerprint density at radius 2 is 1.61 bits per heavy atom. The molecule has 1 amide bonds. The Labute approximate surface area is 165 Å². The molecule has 148 valence electrons. The third kappa shape index (κ3) is 4.25. The number of methoxy groups -OCH3 is 1. The van der Waals surface area contributed by atoms with Crippen LogP contribution < -0.4 is 9.64 Å². The summed E-state index contributed by atoms with van der Waals surface area (Å²) in [4.78, 5) is 28.3. The van der Waals surface area contributed by atoms with E-state index in [9.17, 15) is 4.79 Å². The van der Waals surface area contributed by atoms with Crippen molar-refractivity contribution in [2.24, 2.45) is 0 Å². The van der Waals surface area contributed by atoms with Crippen molar-refractivity contribution in [2.45, 2.75) is 19.4 Å². The van der Waals surface area contributed by atoms with Gasteiger partial charge in [-0.3, -0.25) is 9.69 Å². The molecule has 3 heterocycles. The molecule has 7 heteroatoms. The zero-order valence-corrected chi connectivity index (χ0v) is 16.4. The van der Waals surface area contributed by atoms with E-state index >= 15 is 0 Å². The molecule has 1 aromatic heterocycles. The summed E-state index contributed by atoms with van der Waals surface area (Å²) >= 11 is 0. The number of carbonyl (C=O) groups excluding carboxylic acids is 1. The number of aromatic nitrogens is 2. The highest BCUT2D eigenvalue weighted by Gasteiger charge is 2.22. The fraction of sp³-hybridized carbons (Fsp3) is 0.476. The Balaban J connectivity index is 1.28. The summed E-state index contributed by atoms with van der Waals surface area (Å²) in [6.45, 7) is 6.12.